The van der Waals surface area contributed by atoms with Gasteiger partial charge >= 0.3 is 12.6 Å². The van der Waals surface area contributed by atoms with Crippen molar-refractivity contribution < 1.29 is 23.0 Å². The third kappa shape index (κ3) is 2.82. The van der Waals surface area contributed by atoms with Crippen LogP contribution in [0.25, 0.3) is 21.3 Å². The lowest BCUT2D eigenvalue weighted by Crippen LogP contribution is -2.05. The van der Waals surface area contributed by atoms with Gasteiger partial charge in [0.2, 0.25) is 0 Å². The van der Waals surface area contributed by atoms with E-state index in [-0.39, 0.29) is 27.9 Å². The fourth-order valence-corrected chi connectivity index (χ4v) is 1.78. The van der Waals surface area contributed by atoms with Gasteiger partial charge in [-0.15, -0.1) is 0 Å². The molecule has 9 heteroatoms. The van der Waals surface area contributed by atoms with Crippen LogP contribution in [0.2, 0.25) is 0 Å². The Hall–Kier alpha value is -2.93. The molecule has 0 atom stereocenters. The van der Waals surface area contributed by atoms with Gasteiger partial charge in [0.25, 0.3) is 0 Å². The van der Waals surface area contributed by atoms with Crippen molar-refractivity contribution in [1.82, 2.24) is 4.98 Å². The van der Waals surface area contributed by atoms with Crippen molar-refractivity contribution in [1.29, 1.82) is 0 Å². The number of carbonyl (C=O) groups excluding carboxylic acids is 1. The number of pyridine rings is 1. The predicted octanol–water partition coefficient (Wildman–Crippen LogP) is 3.56. The monoisotopic (exact) mass is 294 g/mol. The highest BCUT2D eigenvalue weighted by atomic mass is 19.3. The molecule has 0 saturated carbocycles. The number of para-hydroxylation sites is 1. The first-order valence-electron chi connectivity index (χ1n) is 5.58. The van der Waals surface area contributed by atoms with E-state index in [1.165, 1.54) is 18.2 Å². The van der Waals surface area contributed by atoms with Crippen molar-refractivity contribution in [2.45, 2.75) is 6.61 Å². The van der Waals surface area contributed by atoms with Crippen molar-refractivity contribution in [3.05, 3.63) is 40.4 Å². The van der Waals surface area contributed by atoms with Crippen LogP contribution in [0, 0.1) is 0 Å². The molecule has 0 aliphatic carbocycles. The van der Waals surface area contributed by atoms with Crippen LogP contribution in [0.4, 0.5) is 14.5 Å². The Balaban J connectivity index is 2.75. The number of halogens is 2. The summed E-state index contributed by atoms with van der Waals surface area (Å²) in [5.41, 5.74) is 8.52. The maximum Gasteiger partial charge on any atom is 0.387 e. The summed E-state index contributed by atoms with van der Waals surface area (Å²) in [4.78, 5) is 18.1. The molecule has 1 aromatic carbocycles. The lowest BCUT2D eigenvalue weighted by atomic mass is 10.1. The van der Waals surface area contributed by atoms with E-state index in [0.717, 1.165) is 13.3 Å². The molecule has 2 rings (SSSR count). The third-order valence-corrected chi connectivity index (χ3v) is 2.60. The summed E-state index contributed by atoms with van der Waals surface area (Å²) in [6, 6.07) is 4.18. The van der Waals surface area contributed by atoms with E-state index in [9.17, 15) is 13.6 Å². The summed E-state index contributed by atoms with van der Waals surface area (Å²) in [6.45, 7) is -3.03. The van der Waals surface area contributed by atoms with Gasteiger partial charge in [-0.05, 0) is 11.6 Å². The van der Waals surface area contributed by atoms with Crippen molar-refractivity contribution >= 4 is 22.6 Å². The lowest BCUT2D eigenvalue weighted by Gasteiger charge is -2.10. The van der Waals surface area contributed by atoms with Gasteiger partial charge in [0.1, 0.15) is 5.52 Å². The number of rotatable bonds is 4. The largest absolute Gasteiger partial charge is 0.465 e. The van der Waals surface area contributed by atoms with Crippen LogP contribution in [0.5, 0.6) is 5.75 Å². The smallest absolute Gasteiger partial charge is 0.387 e. The van der Waals surface area contributed by atoms with Gasteiger partial charge in [-0.3, -0.25) is 4.98 Å². The number of aromatic nitrogens is 1. The highest BCUT2D eigenvalue weighted by Gasteiger charge is 2.18. The minimum Gasteiger partial charge on any atom is -0.465 e. The molecule has 21 heavy (non-hydrogen) atoms. The molecule has 0 aliphatic rings. The Morgan fingerprint density at radius 1 is 1.48 bits per heavy atom. The average Bonchev–Trinajstić information content (AvgIpc) is 2.47. The summed E-state index contributed by atoms with van der Waals surface area (Å²) in [5.74, 6) is -0.944. The molecule has 0 N–H and O–H groups in total. The van der Waals surface area contributed by atoms with Crippen LogP contribution < -0.4 is 4.74 Å². The zero-order valence-electron chi connectivity index (χ0n) is 10.7. The zero-order valence-corrected chi connectivity index (χ0v) is 10.7. The first-order valence-corrected chi connectivity index (χ1v) is 5.58. The highest BCUT2D eigenvalue weighted by molar-refractivity contribution is 6.04. The Labute approximate surface area is 116 Å². The first kappa shape index (κ1) is 14.5. The molecule has 108 valence electrons. The fourth-order valence-electron chi connectivity index (χ4n) is 1.78. The number of carbonyl (C=O) groups is 1. The van der Waals surface area contributed by atoms with E-state index >= 15 is 0 Å². The zero-order chi connectivity index (χ0) is 15.4. The maximum absolute atomic E-state index is 12.4. The Morgan fingerprint density at radius 2 is 2.24 bits per heavy atom. The second-order valence-electron chi connectivity index (χ2n) is 3.73. The molecule has 2 aromatic rings. The van der Waals surface area contributed by atoms with Crippen LogP contribution in [0.1, 0.15) is 10.4 Å². The minimum atomic E-state index is -3.03. The third-order valence-electron chi connectivity index (χ3n) is 2.60. The van der Waals surface area contributed by atoms with E-state index in [2.05, 4.69) is 24.5 Å². The Morgan fingerprint density at radius 3 is 2.86 bits per heavy atom. The molecule has 0 unspecified atom stereocenters. The lowest BCUT2D eigenvalue weighted by molar-refractivity contribution is -0.0489. The molecule has 0 aliphatic heterocycles. The van der Waals surface area contributed by atoms with Crippen LogP contribution in [-0.2, 0) is 4.74 Å². The molecule has 7 nitrogen and oxygen atoms in total. The van der Waals surface area contributed by atoms with Gasteiger partial charge in [0, 0.05) is 16.5 Å². The highest BCUT2D eigenvalue weighted by Crippen LogP contribution is 2.34. The molecule has 1 aromatic heterocycles. The summed E-state index contributed by atoms with van der Waals surface area (Å²) in [7, 11) is 1.16. The van der Waals surface area contributed by atoms with E-state index < -0.39 is 12.6 Å². The van der Waals surface area contributed by atoms with Crippen LogP contribution in [-0.4, -0.2) is 24.7 Å². The Kier molecular flexibility index (Phi) is 4.15. The first-order chi connectivity index (χ1) is 10.1. The molecular formula is C12H8F2N4O3. The Bertz CT molecular complexity index is 745. The van der Waals surface area contributed by atoms with Crippen molar-refractivity contribution in [3.63, 3.8) is 0 Å². The van der Waals surface area contributed by atoms with E-state index in [4.69, 9.17) is 5.53 Å². The quantitative estimate of drug-likeness (QED) is 0.372. The van der Waals surface area contributed by atoms with Gasteiger partial charge < -0.3 is 9.47 Å². The summed E-state index contributed by atoms with van der Waals surface area (Å²) < 4.78 is 33.6. The number of azide groups is 1. The van der Waals surface area contributed by atoms with Gasteiger partial charge in [0.15, 0.2) is 5.75 Å². The molecule has 0 amide bonds. The van der Waals surface area contributed by atoms with E-state index in [0.29, 0.717) is 0 Å². The second-order valence-corrected chi connectivity index (χ2v) is 3.73. The van der Waals surface area contributed by atoms with Gasteiger partial charge in [-0.25, -0.2) is 4.79 Å². The number of hydrogen-bond acceptors (Lipinski definition) is 5. The van der Waals surface area contributed by atoms with Gasteiger partial charge in [-0.1, -0.05) is 17.2 Å². The van der Waals surface area contributed by atoms with Gasteiger partial charge in [-0.2, -0.15) is 8.78 Å². The summed E-state index contributed by atoms with van der Waals surface area (Å²) in [6.07, 6.45) is 1.08. The molecule has 0 spiro atoms. The number of methoxy groups -OCH3 is 1. The number of nitrogens with zero attached hydrogens (tertiary/aromatic N) is 4. The average molecular weight is 294 g/mol. The standard InChI is InChI=1S/C12H8F2N4O3/c1-20-11(19)7-5-16-10-6(9(7)17-18-15)3-2-4-8(10)21-12(13)14/h2-5,12H,1H3. The molecule has 0 saturated heterocycles. The number of ether oxygens (including phenoxy) is 2. The minimum absolute atomic E-state index is 0.0489. The fraction of sp³-hybridized carbons (Fsp3) is 0.167. The molecule has 0 bridgehead atoms. The maximum atomic E-state index is 12.4. The second kappa shape index (κ2) is 6.02. The topological polar surface area (TPSA) is 97.2 Å². The predicted molar refractivity (Wildman–Crippen MR) is 68.5 cm³/mol. The summed E-state index contributed by atoms with van der Waals surface area (Å²) >= 11 is 0. The van der Waals surface area contributed by atoms with Crippen LogP contribution in [0.15, 0.2) is 29.5 Å². The van der Waals surface area contributed by atoms with E-state index in [1.54, 1.807) is 0 Å². The number of benzene rings is 1. The van der Waals surface area contributed by atoms with Gasteiger partial charge in [0.05, 0.1) is 18.4 Å². The number of hydrogen-bond donors (Lipinski definition) is 0. The number of fused-ring (bicyclic) bond motifs is 1. The molecule has 1 heterocycles. The molecule has 0 radical (unpaired) electrons. The SMILES string of the molecule is COC(=O)c1cnc2c(OC(F)F)cccc2c1N=[N+]=[N-]. The van der Waals surface area contributed by atoms with Crippen molar-refractivity contribution in [3.8, 4) is 5.75 Å². The molecule has 0 fully saturated rings. The van der Waals surface area contributed by atoms with E-state index in [1.807, 2.05) is 0 Å². The van der Waals surface area contributed by atoms with Crippen LogP contribution in [0.3, 0.4) is 0 Å². The van der Waals surface area contributed by atoms with Crippen molar-refractivity contribution in [2.24, 2.45) is 5.11 Å². The normalized spacial score (nSPS) is 10.3. The molecular weight excluding hydrogens is 286 g/mol. The number of esters is 1. The summed E-state index contributed by atoms with van der Waals surface area (Å²) in [5, 5.41) is 3.62. The van der Waals surface area contributed by atoms with Crippen molar-refractivity contribution in [2.75, 3.05) is 7.11 Å². The van der Waals surface area contributed by atoms with Crippen LogP contribution >= 0.6 is 0 Å². The number of alkyl halides is 2.